The van der Waals surface area contributed by atoms with Gasteiger partial charge in [0.25, 0.3) is 5.91 Å². The lowest BCUT2D eigenvalue weighted by molar-refractivity contribution is -0.126. The second-order valence-electron chi connectivity index (χ2n) is 7.06. The fraction of sp³-hybridized carbons (Fsp3) is 0.474. The molecule has 0 unspecified atom stereocenters. The van der Waals surface area contributed by atoms with Gasteiger partial charge in [0, 0.05) is 29.6 Å². The molecule has 0 spiro atoms. The van der Waals surface area contributed by atoms with E-state index in [0.717, 1.165) is 49.4 Å². The van der Waals surface area contributed by atoms with E-state index >= 15 is 0 Å². The largest absolute Gasteiger partial charge is 0.361 e. The van der Waals surface area contributed by atoms with Gasteiger partial charge in [0.05, 0.1) is 11.1 Å². The molecule has 0 saturated heterocycles. The van der Waals surface area contributed by atoms with Gasteiger partial charge in [-0.05, 0) is 44.2 Å². The molecule has 1 aromatic carbocycles. The molecule has 0 radical (unpaired) electrons. The number of carbonyl (C=O) groups is 2. The number of aromatic amines is 1. The fourth-order valence-corrected chi connectivity index (χ4v) is 3.64. The molecule has 2 aromatic rings. The summed E-state index contributed by atoms with van der Waals surface area (Å²) in [5.74, 6) is 0.144. The van der Waals surface area contributed by atoms with Crippen LogP contribution in [0.25, 0.3) is 10.9 Å². The van der Waals surface area contributed by atoms with Crippen molar-refractivity contribution < 1.29 is 9.59 Å². The maximum absolute atomic E-state index is 12.7. The summed E-state index contributed by atoms with van der Waals surface area (Å²) in [7, 11) is 0. The number of nitrogens with one attached hydrogen (secondary N) is 3. The summed E-state index contributed by atoms with van der Waals surface area (Å²) in [6, 6.07) is 8.17. The smallest absolute Gasteiger partial charge is 0.253 e. The lowest BCUT2D eigenvalue weighted by Crippen LogP contribution is -2.42. The molecule has 2 amide bonds. The second kappa shape index (κ2) is 6.30. The van der Waals surface area contributed by atoms with Crippen molar-refractivity contribution >= 4 is 22.7 Å². The van der Waals surface area contributed by atoms with Crippen molar-refractivity contribution in [1.29, 1.82) is 0 Å². The van der Waals surface area contributed by atoms with Crippen LogP contribution in [-0.2, 0) is 4.79 Å². The second-order valence-corrected chi connectivity index (χ2v) is 7.06. The Morgan fingerprint density at radius 3 is 2.71 bits per heavy atom. The predicted octanol–water partition coefficient (Wildman–Crippen LogP) is 2.74. The van der Waals surface area contributed by atoms with Crippen molar-refractivity contribution in [2.75, 3.05) is 0 Å². The summed E-state index contributed by atoms with van der Waals surface area (Å²) in [6.45, 7) is 0. The summed E-state index contributed by atoms with van der Waals surface area (Å²) < 4.78 is 0. The first-order chi connectivity index (χ1) is 11.7. The van der Waals surface area contributed by atoms with Gasteiger partial charge in [0.2, 0.25) is 5.91 Å². The molecule has 0 aliphatic heterocycles. The van der Waals surface area contributed by atoms with Crippen LogP contribution in [0.1, 0.15) is 48.9 Å². The number of benzene rings is 1. The van der Waals surface area contributed by atoms with Crippen molar-refractivity contribution in [2.24, 2.45) is 5.92 Å². The Morgan fingerprint density at radius 1 is 1.00 bits per heavy atom. The Balaban J connectivity index is 1.41. The van der Waals surface area contributed by atoms with E-state index in [-0.39, 0.29) is 23.8 Å². The molecule has 0 bridgehead atoms. The Kier molecular flexibility index (Phi) is 4.00. The van der Waals surface area contributed by atoms with E-state index < -0.39 is 0 Å². The van der Waals surface area contributed by atoms with Gasteiger partial charge < -0.3 is 15.6 Å². The van der Waals surface area contributed by atoms with Crippen molar-refractivity contribution in [3.05, 3.63) is 36.0 Å². The number of aromatic nitrogens is 1. The highest BCUT2D eigenvalue weighted by Gasteiger charge is 2.31. The first kappa shape index (κ1) is 15.2. The minimum absolute atomic E-state index is 0.0333. The van der Waals surface area contributed by atoms with Gasteiger partial charge in [-0.25, -0.2) is 0 Å². The van der Waals surface area contributed by atoms with E-state index in [4.69, 9.17) is 0 Å². The molecule has 5 nitrogen and oxygen atoms in total. The Hall–Kier alpha value is -2.30. The molecule has 3 N–H and O–H groups in total. The quantitative estimate of drug-likeness (QED) is 0.808. The number of para-hydroxylation sites is 1. The van der Waals surface area contributed by atoms with Crippen LogP contribution in [0.15, 0.2) is 30.5 Å². The molecule has 2 fully saturated rings. The molecule has 126 valence electrons. The zero-order chi connectivity index (χ0) is 16.5. The highest BCUT2D eigenvalue weighted by atomic mass is 16.2. The predicted molar refractivity (Wildman–Crippen MR) is 92.7 cm³/mol. The van der Waals surface area contributed by atoms with E-state index in [9.17, 15) is 9.59 Å². The molecule has 4 rings (SSSR count). The van der Waals surface area contributed by atoms with Gasteiger partial charge in [-0.1, -0.05) is 18.6 Å². The zero-order valence-electron chi connectivity index (χ0n) is 13.7. The van der Waals surface area contributed by atoms with Gasteiger partial charge in [-0.3, -0.25) is 9.59 Å². The van der Waals surface area contributed by atoms with E-state index in [0.29, 0.717) is 11.6 Å². The number of hydrogen-bond donors (Lipinski definition) is 3. The first-order valence-corrected chi connectivity index (χ1v) is 8.88. The third kappa shape index (κ3) is 3.16. The highest BCUT2D eigenvalue weighted by Crippen LogP contribution is 2.27. The van der Waals surface area contributed by atoms with Crippen LogP contribution in [-0.4, -0.2) is 28.9 Å². The number of H-pyrrole nitrogens is 1. The third-order valence-corrected chi connectivity index (χ3v) is 5.14. The van der Waals surface area contributed by atoms with E-state index in [1.165, 1.54) is 0 Å². The topological polar surface area (TPSA) is 74.0 Å². The summed E-state index contributed by atoms with van der Waals surface area (Å²) in [5, 5.41) is 7.26. The molecular formula is C19H23N3O2. The maximum Gasteiger partial charge on any atom is 0.253 e. The SMILES string of the molecule is O=C(N[C@@H]1CCC[C@H](C(=O)NC2CC2)C1)c1cccc2cc[nH]c12. The fourth-order valence-electron chi connectivity index (χ4n) is 3.64. The normalized spacial score (nSPS) is 23.8. The lowest BCUT2D eigenvalue weighted by Gasteiger charge is -2.29. The van der Waals surface area contributed by atoms with Crippen LogP contribution < -0.4 is 10.6 Å². The van der Waals surface area contributed by atoms with Crippen LogP contribution in [0.3, 0.4) is 0 Å². The van der Waals surface area contributed by atoms with Crippen LogP contribution >= 0.6 is 0 Å². The molecule has 2 atom stereocenters. The number of hydrogen-bond acceptors (Lipinski definition) is 2. The summed E-state index contributed by atoms with van der Waals surface area (Å²) >= 11 is 0. The van der Waals surface area contributed by atoms with Crippen LogP contribution in [0.2, 0.25) is 0 Å². The summed E-state index contributed by atoms with van der Waals surface area (Å²) in [6.07, 6.45) is 7.67. The Morgan fingerprint density at radius 2 is 1.88 bits per heavy atom. The average Bonchev–Trinajstić information content (AvgIpc) is 3.27. The van der Waals surface area contributed by atoms with Crippen LogP contribution in [0, 0.1) is 5.92 Å². The lowest BCUT2D eigenvalue weighted by atomic mass is 9.85. The van der Waals surface area contributed by atoms with Crippen LogP contribution in [0.4, 0.5) is 0 Å². The van der Waals surface area contributed by atoms with E-state index in [2.05, 4.69) is 15.6 Å². The monoisotopic (exact) mass is 325 g/mol. The van der Waals surface area contributed by atoms with Crippen molar-refractivity contribution in [3.8, 4) is 0 Å². The number of fused-ring (bicyclic) bond motifs is 1. The molecule has 2 aliphatic rings. The average molecular weight is 325 g/mol. The van der Waals surface area contributed by atoms with Crippen LogP contribution in [0.5, 0.6) is 0 Å². The van der Waals surface area contributed by atoms with E-state index in [1.54, 1.807) is 0 Å². The van der Waals surface area contributed by atoms with Gasteiger partial charge in [0.1, 0.15) is 0 Å². The van der Waals surface area contributed by atoms with Gasteiger partial charge in [-0.2, -0.15) is 0 Å². The maximum atomic E-state index is 12.7. The van der Waals surface area contributed by atoms with E-state index in [1.807, 2.05) is 30.5 Å². The van der Waals surface area contributed by atoms with Gasteiger partial charge in [-0.15, -0.1) is 0 Å². The number of amides is 2. The molecular weight excluding hydrogens is 302 g/mol. The van der Waals surface area contributed by atoms with Crippen molar-refractivity contribution in [3.63, 3.8) is 0 Å². The molecule has 2 saturated carbocycles. The standard InChI is InChI=1S/C19H23N3O2/c23-18(21-14-7-8-14)13-4-1-5-15(11-13)22-19(24)16-6-2-3-12-9-10-20-17(12)16/h2-3,6,9-10,13-15,20H,1,4-5,7-8,11H2,(H,21,23)(H,22,24)/t13-,15+/m0/s1. The number of carbonyl (C=O) groups excluding carboxylic acids is 2. The summed E-state index contributed by atoms with van der Waals surface area (Å²) in [5.41, 5.74) is 1.54. The molecule has 1 heterocycles. The molecule has 5 heteroatoms. The molecule has 2 aliphatic carbocycles. The van der Waals surface area contributed by atoms with Gasteiger partial charge in [0.15, 0.2) is 0 Å². The highest BCUT2D eigenvalue weighted by molar-refractivity contribution is 6.05. The minimum Gasteiger partial charge on any atom is -0.361 e. The number of rotatable bonds is 4. The van der Waals surface area contributed by atoms with Crippen molar-refractivity contribution in [2.45, 2.75) is 50.6 Å². The van der Waals surface area contributed by atoms with Gasteiger partial charge >= 0.3 is 0 Å². The summed E-state index contributed by atoms with van der Waals surface area (Å²) in [4.78, 5) is 28.1. The Bertz CT molecular complexity index is 763. The minimum atomic E-state index is -0.0590. The zero-order valence-corrected chi connectivity index (χ0v) is 13.7. The Labute approximate surface area is 141 Å². The first-order valence-electron chi connectivity index (χ1n) is 8.88. The molecule has 1 aromatic heterocycles. The van der Waals surface area contributed by atoms with Crippen molar-refractivity contribution in [1.82, 2.24) is 15.6 Å². The molecule has 24 heavy (non-hydrogen) atoms. The third-order valence-electron chi connectivity index (χ3n) is 5.14.